The lowest BCUT2D eigenvalue weighted by molar-refractivity contribution is -0.145. The molecule has 1 aliphatic carbocycles. The second-order valence-corrected chi connectivity index (χ2v) is 5.11. The first-order valence-corrected chi connectivity index (χ1v) is 6.43. The molecule has 0 N–H and O–H groups in total. The van der Waals surface area contributed by atoms with Gasteiger partial charge in [0.15, 0.2) is 0 Å². The molecule has 1 aromatic rings. The summed E-state index contributed by atoms with van der Waals surface area (Å²) in [6.07, 6.45) is -1.81. The maximum absolute atomic E-state index is 12.8. The van der Waals surface area contributed by atoms with Gasteiger partial charge in [0.05, 0.1) is 13.1 Å². The van der Waals surface area contributed by atoms with Gasteiger partial charge < -0.3 is 9.64 Å². The highest BCUT2D eigenvalue weighted by Crippen LogP contribution is 2.36. The van der Waals surface area contributed by atoms with Gasteiger partial charge in [0.2, 0.25) is 11.8 Å². The van der Waals surface area contributed by atoms with Crippen LogP contribution in [0.25, 0.3) is 0 Å². The smallest absolute Gasteiger partial charge is 0.421 e. The Morgan fingerprint density at radius 2 is 2.05 bits per heavy atom. The van der Waals surface area contributed by atoms with Gasteiger partial charge >= 0.3 is 6.18 Å². The van der Waals surface area contributed by atoms with E-state index in [0.29, 0.717) is 13.1 Å². The Hall–Kier alpha value is -1.79. The minimum absolute atomic E-state index is 0.0851. The van der Waals surface area contributed by atoms with E-state index < -0.39 is 23.7 Å². The summed E-state index contributed by atoms with van der Waals surface area (Å²) >= 11 is 0. The largest absolute Gasteiger partial charge is 0.470 e. The molecular weight excluding hydrogens is 273 g/mol. The van der Waals surface area contributed by atoms with Crippen LogP contribution in [0.4, 0.5) is 13.2 Å². The summed E-state index contributed by atoms with van der Waals surface area (Å²) in [5.74, 6) is -0.207. The molecular formula is C13H13F3N2O2. The second kappa shape index (κ2) is 4.64. The fourth-order valence-corrected chi connectivity index (χ4v) is 2.14. The third kappa shape index (κ3) is 2.57. The second-order valence-electron chi connectivity index (χ2n) is 5.11. The average molecular weight is 286 g/mol. The molecule has 2 heterocycles. The van der Waals surface area contributed by atoms with Gasteiger partial charge in [-0.3, -0.25) is 4.79 Å². The third-order valence-electron chi connectivity index (χ3n) is 3.44. The van der Waals surface area contributed by atoms with Gasteiger partial charge in [-0.15, -0.1) is 0 Å². The Labute approximate surface area is 113 Å². The van der Waals surface area contributed by atoms with Crippen LogP contribution < -0.4 is 4.74 Å². The molecule has 4 nitrogen and oxygen atoms in total. The summed E-state index contributed by atoms with van der Waals surface area (Å²) in [5, 5.41) is 0. The predicted molar refractivity (Wildman–Crippen MR) is 63.0 cm³/mol. The predicted octanol–water partition coefficient (Wildman–Crippen LogP) is 2.10. The first-order chi connectivity index (χ1) is 9.45. The van der Waals surface area contributed by atoms with E-state index in [1.54, 1.807) is 4.90 Å². The number of rotatable bonds is 3. The summed E-state index contributed by atoms with van der Waals surface area (Å²) in [4.78, 5) is 16.9. The fraction of sp³-hybridized carbons (Fsp3) is 0.538. The van der Waals surface area contributed by atoms with Gasteiger partial charge in [-0.2, -0.15) is 13.2 Å². The molecule has 0 radical (unpaired) electrons. The zero-order valence-electron chi connectivity index (χ0n) is 10.6. The molecule has 0 aromatic carbocycles. The van der Waals surface area contributed by atoms with E-state index in [4.69, 9.17) is 4.74 Å². The molecule has 0 spiro atoms. The van der Waals surface area contributed by atoms with Crippen LogP contribution in [0.2, 0.25) is 0 Å². The third-order valence-corrected chi connectivity index (χ3v) is 3.44. The number of aromatic nitrogens is 1. The van der Waals surface area contributed by atoms with Crippen molar-refractivity contribution in [3.05, 3.63) is 23.9 Å². The van der Waals surface area contributed by atoms with Crippen LogP contribution in [0.1, 0.15) is 18.4 Å². The lowest BCUT2D eigenvalue weighted by Crippen LogP contribution is -2.56. The number of carbonyl (C=O) groups excluding carboxylic acids is 1. The van der Waals surface area contributed by atoms with E-state index in [9.17, 15) is 18.0 Å². The summed E-state index contributed by atoms with van der Waals surface area (Å²) < 4.78 is 43.5. The fourth-order valence-electron chi connectivity index (χ4n) is 2.14. The van der Waals surface area contributed by atoms with Crippen LogP contribution in [0.3, 0.4) is 0 Å². The minimum atomic E-state index is -4.49. The number of nitrogens with zero attached hydrogens (tertiary/aromatic N) is 2. The zero-order chi connectivity index (χ0) is 14.3. The summed E-state index contributed by atoms with van der Waals surface area (Å²) in [6, 6.07) is 2.16. The number of ether oxygens (including phenoxy) is 1. The van der Waals surface area contributed by atoms with E-state index in [1.807, 2.05) is 0 Å². The van der Waals surface area contributed by atoms with Crippen molar-refractivity contribution in [1.82, 2.24) is 9.88 Å². The highest BCUT2D eigenvalue weighted by Gasteiger charge is 2.41. The Morgan fingerprint density at radius 1 is 1.35 bits per heavy atom. The van der Waals surface area contributed by atoms with Crippen molar-refractivity contribution >= 4 is 5.91 Å². The topological polar surface area (TPSA) is 42.4 Å². The Balaban J connectivity index is 1.61. The molecule has 3 rings (SSSR count). The number of hydrogen-bond acceptors (Lipinski definition) is 3. The number of likely N-dealkylation sites (tertiary alicyclic amines) is 1. The number of pyridine rings is 1. The number of carbonyl (C=O) groups is 1. The molecule has 7 heteroatoms. The zero-order valence-corrected chi connectivity index (χ0v) is 10.6. The van der Waals surface area contributed by atoms with Crippen molar-refractivity contribution in [1.29, 1.82) is 0 Å². The first-order valence-electron chi connectivity index (χ1n) is 6.43. The average Bonchev–Trinajstić information content (AvgIpc) is 3.16. The highest BCUT2D eigenvalue weighted by molar-refractivity contribution is 5.81. The Kier molecular flexibility index (Phi) is 3.07. The van der Waals surface area contributed by atoms with Gasteiger partial charge in [-0.1, -0.05) is 0 Å². The van der Waals surface area contributed by atoms with Crippen molar-refractivity contribution in [2.24, 2.45) is 5.92 Å². The summed E-state index contributed by atoms with van der Waals surface area (Å²) in [6.45, 7) is 0.673. The normalized spacial score (nSPS) is 19.6. The van der Waals surface area contributed by atoms with Gasteiger partial charge in [-0.25, -0.2) is 4.98 Å². The molecule has 1 saturated heterocycles. The molecule has 108 valence electrons. The van der Waals surface area contributed by atoms with Gasteiger partial charge in [-0.05, 0) is 25.0 Å². The molecule has 1 aliphatic heterocycles. The number of halogens is 3. The number of hydrogen-bond donors (Lipinski definition) is 0. The number of alkyl halides is 3. The minimum Gasteiger partial charge on any atom is -0.470 e. The van der Waals surface area contributed by atoms with Crippen molar-refractivity contribution < 1.29 is 22.7 Å². The SMILES string of the molecule is O=C(C1CC1)N1CC(Oc2ncccc2C(F)(F)F)C1. The van der Waals surface area contributed by atoms with Crippen molar-refractivity contribution in [3.8, 4) is 5.88 Å². The van der Waals surface area contributed by atoms with Crippen LogP contribution in [0, 0.1) is 5.92 Å². The summed E-state index contributed by atoms with van der Waals surface area (Å²) in [5.41, 5.74) is -0.882. The van der Waals surface area contributed by atoms with E-state index in [-0.39, 0.29) is 11.8 Å². The van der Waals surface area contributed by atoms with E-state index in [2.05, 4.69) is 4.98 Å². The monoisotopic (exact) mass is 286 g/mol. The van der Waals surface area contributed by atoms with Gasteiger partial charge in [0.1, 0.15) is 11.7 Å². The van der Waals surface area contributed by atoms with Crippen LogP contribution in [-0.4, -0.2) is 35.0 Å². The summed E-state index contributed by atoms with van der Waals surface area (Å²) in [7, 11) is 0. The molecule has 0 unspecified atom stereocenters. The van der Waals surface area contributed by atoms with Crippen molar-refractivity contribution in [3.63, 3.8) is 0 Å². The Bertz CT molecular complexity index is 523. The molecule has 0 atom stereocenters. The van der Waals surface area contributed by atoms with Crippen LogP contribution in [0.15, 0.2) is 18.3 Å². The molecule has 20 heavy (non-hydrogen) atoms. The van der Waals surface area contributed by atoms with Gasteiger partial charge in [0, 0.05) is 12.1 Å². The quantitative estimate of drug-likeness (QED) is 0.854. The first kappa shape index (κ1) is 13.2. The molecule has 0 bridgehead atoms. The van der Waals surface area contributed by atoms with E-state index in [1.165, 1.54) is 12.3 Å². The standard InChI is InChI=1S/C13H13F3N2O2/c14-13(15,16)10-2-1-5-17-11(10)20-9-6-18(7-9)12(19)8-3-4-8/h1-2,5,8-9H,3-4,6-7H2. The van der Waals surface area contributed by atoms with Crippen molar-refractivity contribution in [2.75, 3.05) is 13.1 Å². The molecule has 1 amide bonds. The maximum atomic E-state index is 12.8. The molecule has 1 aromatic heterocycles. The molecule has 2 fully saturated rings. The van der Waals surface area contributed by atoms with Crippen molar-refractivity contribution in [2.45, 2.75) is 25.1 Å². The van der Waals surface area contributed by atoms with E-state index in [0.717, 1.165) is 18.9 Å². The Morgan fingerprint density at radius 3 is 2.65 bits per heavy atom. The maximum Gasteiger partial charge on any atom is 0.421 e. The molecule has 1 saturated carbocycles. The van der Waals surface area contributed by atoms with E-state index >= 15 is 0 Å². The van der Waals surface area contributed by atoms with Crippen LogP contribution >= 0.6 is 0 Å². The highest BCUT2D eigenvalue weighted by atomic mass is 19.4. The number of amides is 1. The van der Waals surface area contributed by atoms with Crippen LogP contribution in [0.5, 0.6) is 5.88 Å². The lowest BCUT2D eigenvalue weighted by Gasteiger charge is -2.39. The lowest BCUT2D eigenvalue weighted by atomic mass is 10.1. The van der Waals surface area contributed by atoms with Gasteiger partial charge in [0.25, 0.3) is 0 Å². The molecule has 2 aliphatic rings. The van der Waals surface area contributed by atoms with Crippen LogP contribution in [-0.2, 0) is 11.0 Å².